The molecule has 0 amide bonds. The van der Waals surface area contributed by atoms with Gasteiger partial charge in [-0.15, -0.1) is 0 Å². The molecule has 1 heterocycles. The van der Waals surface area contributed by atoms with Crippen LogP contribution in [0.4, 0.5) is 0 Å². The monoisotopic (exact) mass is 242 g/mol. The van der Waals surface area contributed by atoms with Crippen LogP contribution in [0.1, 0.15) is 18.3 Å². The Kier molecular flexibility index (Phi) is 4.04. The lowest BCUT2D eigenvalue weighted by Crippen LogP contribution is -2.16. The summed E-state index contributed by atoms with van der Waals surface area (Å²) in [5.74, 6) is 0. The van der Waals surface area contributed by atoms with E-state index in [9.17, 15) is 8.42 Å². The second-order valence-corrected chi connectivity index (χ2v) is 6.10. The number of pyridine rings is 1. The molecule has 0 bridgehead atoms. The van der Waals surface area contributed by atoms with Crippen molar-refractivity contribution in [2.24, 2.45) is 0 Å². The average molecular weight is 242 g/mol. The van der Waals surface area contributed by atoms with Crippen LogP contribution in [0.5, 0.6) is 0 Å². The van der Waals surface area contributed by atoms with Crippen molar-refractivity contribution in [2.45, 2.75) is 24.8 Å². The van der Waals surface area contributed by atoms with Crippen molar-refractivity contribution >= 4 is 9.84 Å². The molecule has 0 atom stereocenters. The Morgan fingerprint density at radius 3 is 2.38 bits per heavy atom. The molecular weight excluding hydrogens is 224 g/mol. The van der Waals surface area contributed by atoms with Crippen LogP contribution in [0.25, 0.3) is 0 Å². The van der Waals surface area contributed by atoms with Crippen LogP contribution in [-0.2, 0) is 22.8 Å². The smallest absolute Gasteiger partial charge is 0.177 e. The van der Waals surface area contributed by atoms with Crippen molar-refractivity contribution in [1.82, 2.24) is 9.88 Å². The number of nitrogens with zero attached hydrogens (tertiary/aromatic N) is 2. The predicted octanol–water partition coefficient (Wildman–Crippen LogP) is 1.11. The normalized spacial score (nSPS) is 12.1. The van der Waals surface area contributed by atoms with Gasteiger partial charge in [0.15, 0.2) is 9.84 Å². The van der Waals surface area contributed by atoms with Crippen molar-refractivity contribution in [3.8, 4) is 0 Å². The van der Waals surface area contributed by atoms with Crippen molar-refractivity contribution in [3.05, 3.63) is 23.5 Å². The molecule has 1 aromatic rings. The van der Waals surface area contributed by atoms with E-state index < -0.39 is 9.84 Å². The first-order chi connectivity index (χ1) is 7.34. The molecule has 0 saturated heterocycles. The molecule has 4 nitrogen and oxygen atoms in total. The van der Waals surface area contributed by atoms with Crippen molar-refractivity contribution in [1.29, 1.82) is 0 Å². The zero-order valence-electron chi connectivity index (χ0n) is 10.2. The number of hydrogen-bond acceptors (Lipinski definition) is 4. The summed E-state index contributed by atoms with van der Waals surface area (Å²) in [7, 11) is 0.597. The maximum atomic E-state index is 11.6. The maximum Gasteiger partial charge on any atom is 0.177 e. The molecule has 16 heavy (non-hydrogen) atoms. The molecular formula is C11H18N2O2S. The van der Waals surface area contributed by atoms with Gasteiger partial charge in [0.05, 0.1) is 10.6 Å². The molecule has 90 valence electrons. The minimum atomic E-state index is -3.19. The summed E-state index contributed by atoms with van der Waals surface area (Å²) < 4.78 is 23.2. The second-order valence-electron chi connectivity index (χ2n) is 4.11. The third-order valence-corrected chi connectivity index (χ3v) is 3.39. The molecule has 0 aliphatic carbocycles. The van der Waals surface area contributed by atoms with Gasteiger partial charge in [0, 0.05) is 18.5 Å². The zero-order valence-corrected chi connectivity index (χ0v) is 11.0. The fourth-order valence-corrected chi connectivity index (χ4v) is 2.33. The van der Waals surface area contributed by atoms with Gasteiger partial charge in [0.25, 0.3) is 0 Å². The van der Waals surface area contributed by atoms with E-state index in [0.29, 0.717) is 17.1 Å². The van der Waals surface area contributed by atoms with Gasteiger partial charge in [-0.3, -0.25) is 4.98 Å². The Labute approximate surface area is 97.2 Å². The first kappa shape index (κ1) is 13.1. The fourth-order valence-electron chi connectivity index (χ4n) is 1.48. The molecule has 1 rings (SSSR count). The lowest BCUT2D eigenvalue weighted by molar-refractivity contribution is 0.392. The highest BCUT2D eigenvalue weighted by atomic mass is 32.2. The Morgan fingerprint density at radius 1 is 1.31 bits per heavy atom. The standard InChI is InChI=1S/C11H18N2O2S/c1-5-9-6-7-11(16(4,14)15)10(12-9)8-13(2)3/h6-7H,5,8H2,1-4H3. The lowest BCUT2D eigenvalue weighted by Gasteiger charge is -2.13. The highest BCUT2D eigenvalue weighted by Gasteiger charge is 2.15. The Balaban J connectivity index is 3.27. The summed E-state index contributed by atoms with van der Waals surface area (Å²) in [6.45, 7) is 2.54. The predicted molar refractivity (Wildman–Crippen MR) is 64.1 cm³/mol. The van der Waals surface area contributed by atoms with E-state index in [2.05, 4.69) is 4.98 Å². The zero-order chi connectivity index (χ0) is 12.3. The van der Waals surface area contributed by atoms with Crippen LogP contribution in [0.15, 0.2) is 17.0 Å². The van der Waals surface area contributed by atoms with Gasteiger partial charge in [0.1, 0.15) is 0 Å². The molecule has 0 saturated carbocycles. The molecule has 0 aliphatic heterocycles. The second kappa shape index (κ2) is 4.93. The largest absolute Gasteiger partial charge is 0.304 e. The molecule has 0 unspecified atom stereocenters. The third kappa shape index (κ3) is 3.28. The van der Waals surface area contributed by atoms with Gasteiger partial charge >= 0.3 is 0 Å². The quantitative estimate of drug-likeness (QED) is 0.793. The summed E-state index contributed by atoms with van der Waals surface area (Å²) in [4.78, 5) is 6.62. The molecule has 0 radical (unpaired) electrons. The van der Waals surface area contributed by atoms with Crippen LogP contribution < -0.4 is 0 Å². The van der Waals surface area contributed by atoms with Crippen molar-refractivity contribution in [3.63, 3.8) is 0 Å². The first-order valence-electron chi connectivity index (χ1n) is 5.18. The van der Waals surface area contributed by atoms with Crippen molar-refractivity contribution in [2.75, 3.05) is 20.4 Å². The number of sulfone groups is 1. The van der Waals surface area contributed by atoms with E-state index in [4.69, 9.17) is 0 Å². The Hall–Kier alpha value is -0.940. The number of aromatic nitrogens is 1. The highest BCUT2D eigenvalue weighted by molar-refractivity contribution is 7.90. The number of hydrogen-bond donors (Lipinski definition) is 0. The van der Waals surface area contributed by atoms with E-state index >= 15 is 0 Å². The minimum Gasteiger partial charge on any atom is -0.304 e. The topological polar surface area (TPSA) is 50.3 Å². The summed E-state index contributed by atoms with van der Waals surface area (Å²) in [5.41, 5.74) is 1.55. The number of aryl methyl sites for hydroxylation is 1. The minimum absolute atomic E-state index is 0.332. The third-order valence-electron chi connectivity index (χ3n) is 2.22. The SMILES string of the molecule is CCc1ccc(S(C)(=O)=O)c(CN(C)C)n1. The van der Waals surface area contributed by atoms with E-state index in [1.54, 1.807) is 12.1 Å². The Morgan fingerprint density at radius 2 is 1.94 bits per heavy atom. The van der Waals surface area contributed by atoms with Crippen molar-refractivity contribution < 1.29 is 8.42 Å². The van der Waals surface area contributed by atoms with Crippen LogP contribution in [0.3, 0.4) is 0 Å². The molecule has 0 spiro atoms. The summed E-state index contributed by atoms with van der Waals surface area (Å²) >= 11 is 0. The van der Waals surface area contributed by atoms with Gasteiger partial charge in [-0.25, -0.2) is 8.42 Å². The molecule has 0 aromatic carbocycles. The molecule has 0 fully saturated rings. The van der Waals surface area contributed by atoms with Gasteiger partial charge in [0.2, 0.25) is 0 Å². The van der Waals surface area contributed by atoms with Crippen LogP contribution >= 0.6 is 0 Å². The molecule has 0 aliphatic rings. The maximum absolute atomic E-state index is 11.6. The highest BCUT2D eigenvalue weighted by Crippen LogP contribution is 2.16. The van der Waals surface area contributed by atoms with Gasteiger partial charge in [-0.1, -0.05) is 6.92 Å². The summed E-state index contributed by atoms with van der Waals surface area (Å²) in [5, 5.41) is 0. The van der Waals surface area contributed by atoms with Crippen LogP contribution in [0.2, 0.25) is 0 Å². The summed E-state index contributed by atoms with van der Waals surface area (Å²) in [6, 6.07) is 3.43. The first-order valence-corrected chi connectivity index (χ1v) is 7.07. The summed E-state index contributed by atoms with van der Waals surface area (Å²) in [6.07, 6.45) is 2.03. The average Bonchev–Trinajstić information content (AvgIpc) is 2.14. The lowest BCUT2D eigenvalue weighted by atomic mass is 10.2. The van der Waals surface area contributed by atoms with E-state index in [1.165, 1.54) is 6.26 Å². The van der Waals surface area contributed by atoms with E-state index in [-0.39, 0.29) is 0 Å². The van der Waals surface area contributed by atoms with Gasteiger partial charge in [-0.05, 0) is 32.6 Å². The van der Waals surface area contributed by atoms with E-state index in [0.717, 1.165) is 12.1 Å². The Bertz CT molecular complexity index is 467. The van der Waals surface area contributed by atoms with Crippen LogP contribution in [0, 0.1) is 0 Å². The van der Waals surface area contributed by atoms with Gasteiger partial charge < -0.3 is 4.90 Å². The van der Waals surface area contributed by atoms with Gasteiger partial charge in [-0.2, -0.15) is 0 Å². The van der Waals surface area contributed by atoms with Crippen LogP contribution in [-0.4, -0.2) is 38.7 Å². The molecule has 1 aromatic heterocycles. The molecule has 0 N–H and O–H groups in total. The fraction of sp³-hybridized carbons (Fsp3) is 0.545. The number of rotatable bonds is 4. The molecule has 5 heteroatoms. The van der Waals surface area contributed by atoms with E-state index in [1.807, 2.05) is 25.9 Å².